The first kappa shape index (κ1) is 13.5. The summed E-state index contributed by atoms with van der Waals surface area (Å²) in [5, 5.41) is 7.63. The van der Waals surface area contributed by atoms with Gasteiger partial charge in [0.25, 0.3) is 0 Å². The molecular formula is C12H21N7. The fourth-order valence-corrected chi connectivity index (χ4v) is 1.87. The fourth-order valence-electron chi connectivity index (χ4n) is 1.87. The van der Waals surface area contributed by atoms with Gasteiger partial charge < -0.3 is 16.8 Å². The van der Waals surface area contributed by atoms with Gasteiger partial charge in [-0.05, 0) is 20.3 Å². The van der Waals surface area contributed by atoms with Crippen LogP contribution < -0.4 is 16.8 Å². The van der Waals surface area contributed by atoms with Crippen molar-refractivity contribution >= 4 is 22.8 Å². The Hall–Kier alpha value is -1.89. The minimum absolute atomic E-state index is 0.160. The van der Waals surface area contributed by atoms with E-state index in [0.29, 0.717) is 11.3 Å². The summed E-state index contributed by atoms with van der Waals surface area (Å²) in [6, 6.07) is 0.257. The van der Waals surface area contributed by atoms with E-state index >= 15 is 0 Å². The van der Waals surface area contributed by atoms with E-state index in [0.717, 1.165) is 18.4 Å². The Bertz CT molecular complexity index is 560. The molecule has 0 saturated carbocycles. The molecule has 0 bridgehead atoms. The zero-order valence-electron chi connectivity index (χ0n) is 11.6. The third kappa shape index (κ3) is 2.93. The number of nitrogen functional groups attached to an aromatic ring is 1. The number of fused-ring (bicyclic) bond motifs is 1. The zero-order valence-corrected chi connectivity index (χ0v) is 11.6. The van der Waals surface area contributed by atoms with Crippen molar-refractivity contribution in [2.75, 3.05) is 11.1 Å². The maximum absolute atomic E-state index is 5.98. The first-order valence-electron chi connectivity index (χ1n) is 6.55. The number of rotatable bonds is 5. The highest BCUT2D eigenvalue weighted by Gasteiger charge is 2.13. The van der Waals surface area contributed by atoms with Gasteiger partial charge in [0.15, 0.2) is 11.3 Å². The molecule has 104 valence electrons. The molecule has 0 aromatic carbocycles. The Morgan fingerprint density at radius 3 is 2.74 bits per heavy atom. The molecule has 0 spiro atoms. The molecule has 2 aromatic rings. The number of hydrogen-bond acceptors (Lipinski definition) is 6. The van der Waals surface area contributed by atoms with Gasteiger partial charge in [-0.15, -0.1) is 0 Å². The van der Waals surface area contributed by atoms with Crippen molar-refractivity contribution < 1.29 is 0 Å². The Balaban J connectivity index is 2.41. The SMILES string of the molecule is CCCC(N)Nc1nc(N)nc2cn(C(C)C)nc12. The largest absolute Gasteiger partial charge is 0.368 e. The second-order valence-corrected chi connectivity index (χ2v) is 4.91. The van der Waals surface area contributed by atoms with E-state index in [1.807, 2.05) is 10.9 Å². The molecular weight excluding hydrogens is 242 g/mol. The van der Waals surface area contributed by atoms with Crippen LogP contribution in [-0.2, 0) is 0 Å². The van der Waals surface area contributed by atoms with Gasteiger partial charge in [-0.2, -0.15) is 10.1 Å². The van der Waals surface area contributed by atoms with E-state index in [2.05, 4.69) is 41.2 Å². The smallest absolute Gasteiger partial charge is 0.222 e. The van der Waals surface area contributed by atoms with Gasteiger partial charge in [-0.25, -0.2) is 4.98 Å². The number of nitrogens with zero attached hydrogens (tertiary/aromatic N) is 4. The summed E-state index contributed by atoms with van der Waals surface area (Å²) in [5.41, 5.74) is 13.1. The second kappa shape index (κ2) is 5.40. The van der Waals surface area contributed by atoms with E-state index in [1.54, 1.807) is 0 Å². The number of hydrogen-bond donors (Lipinski definition) is 3. The van der Waals surface area contributed by atoms with E-state index in [9.17, 15) is 0 Å². The highest BCUT2D eigenvalue weighted by Crippen LogP contribution is 2.21. The van der Waals surface area contributed by atoms with Gasteiger partial charge in [0, 0.05) is 6.04 Å². The summed E-state index contributed by atoms with van der Waals surface area (Å²) < 4.78 is 1.84. The molecule has 5 N–H and O–H groups in total. The third-order valence-electron chi connectivity index (χ3n) is 2.85. The third-order valence-corrected chi connectivity index (χ3v) is 2.85. The van der Waals surface area contributed by atoms with Crippen LogP contribution in [0.4, 0.5) is 11.8 Å². The van der Waals surface area contributed by atoms with Crippen LogP contribution in [-0.4, -0.2) is 25.9 Å². The Labute approximate surface area is 112 Å². The average Bonchev–Trinajstić information content (AvgIpc) is 2.73. The minimum Gasteiger partial charge on any atom is -0.368 e. The summed E-state index contributed by atoms with van der Waals surface area (Å²) in [7, 11) is 0. The lowest BCUT2D eigenvalue weighted by Crippen LogP contribution is -2.29. The quantitative estimate of drug-likeness (QED) is 0.705. The molecule has 1 unspecified atom stereocenters. The van der Waals surface area contributed by atoms with Crippen LogP contribution in [0.2, 0.25) is 0 Å². The lowest BCUT2D eigenvalue weighted by Gasteiger charge is -2.13. The van der Waals surface area contributed by atoms with Crippen molar-refractivity contribution in [1.82, 2.24) is 19.7 Å². The van der Waals surface area contributed by atoms with Crippen LogP contribution in [0.5, 0.6) is 0 Å². The van der Waals surface area contributed by atoms with Crippen LogP contribution in [0, 0.1) is 0 Å². The molecule has 0 aliphatic carbocycles. The van der Waals surface area contributed by atoms with E-state index in [4.69, 9.17) is 11.5 Å². The van der Waals surface area contributed by atoms with Crippen molar-refractivity contribution in [3.63, 3.8) is 0 Å². The fraction of sp³-hybridized carbons (Fsp3) is 0.583. The lowest BCUT2D eigenvalue weighted by atomic mass is 10.3. The average molecular weight is 263 g/mol. The van der Waals surface area contributed by atoms with Crippen molar-refractivity contribution in [2.45, 2.75) is 45.8 Å². The van der Waals surface area contributed by atoms with Crippen LogP contribution in [0.25, 0.3) is 11.0 Å². The highest BCUT2D eigenvalue weighted by atomic mass is 15.3. The normalized spacial score (nSPS) is 13.1. The van der Waals surface area contributed by atoms with Crippen molar-refractivity contribution in [2.24, 2.45) is 5.73 Å². The molecule has 0 radical (unpaired) electrons. The Kier molecular flexibility index (Phi) is 3.84. The van der Waals surface area contributed by atoms with Gasteiger partial charge >= 0.3 is 0 Å². The monoisotopic (exact) mass is 263 g/mol. The van der Waals surface area contributed by atoms with Gasteiger partial charge in [0.1, 0.15) is 5.52 Å². The van der Waals surface area contributed by atoms with E-state index in [-0.39, 0.29) is 18.2 Å². The van der Waals surface area contributed by atoms with Crippen molar-refractivity contribution in [3.8, 4) is 0 Å². The summed E-state index contributed by atoms with van der Waals surface area (Å²) in [6.45, 7) is 6.19. The molecule has 7 heteroatoms. The first-order chi connectivity index (χ1) is 9.01. The van der Waals surface area contributed by atoms with E-state index < -0.39 is 0 Å². The number of anilines is 2. The Morgan fingerprint density at radius 2 is 2.11 bits per heavy atom. The summed E-state index contributed by atoms with van der Waals surface area (Å²) in [4.78, 5) is 8.39. The maximum atomic E-state index is 5.98. The molecule has 0 saturated heterocycles. The molecule has 0 aliphatic rings. The summed E-state index contributed by atoms with van der Waals surface area (Å²) in [6.07, 6.45) is 3.56. The molecule has 7 nitrogen and oxygen atoms in total. The van der Waals surface area contributed by atoms with Crippen LogP contribution in [0.3, 0.4) is 0 Å². The Morgan fingerprint density at radius 1 is 1.37 bits per heavy atom. The summed E-state index contributed by atoms with van der Waals surface area (Å²) in [5.74, 6) is 0.824. The van der Waals surface area contributed by atoms with Crippen LogP contribution in [0.15, 0.2) is 6.20 Å². The van der Waals surface area contributed by atoms with Gasteiger partial charge in [0.2, 0.25) is 5.95 Å². The number of aromatic nitrogens is 4. The molecule has 2 rings (SSSR count). The molecule has 0 aliphatic heterocycles. The predicted octanol–water partition coefficient (Wildman–Crippen LogP) is 1.49. The number of nitrogens with one attached hydrogen (secondary N) is 1. The van der Waals surface area contributed by atoms with Gasteiger partial charge in [-0.3, -0.25) is 4.68 Å². The molecule has 0 amide bonds. The van der Waals surface area contributed by atoms with E-state index in [1.165, 1.54) is 0 Å². The highest BCUT2D eigenvalue weighted by molar-refractivity contribution is 5.85. The zero-order chi connectivity index (χ0) is 14.0. The number of nitrogens with two attached hydrogens (primary N) is 2. The first-order valence-corrected chi connectivity index (χ1v) is 6.55. The second-order valence-electron chi connectivity index (χ2n) is 4.91. The minimum atomic E-state index is -0.160. The molecule has 2 aromatic heterocycles. The summed E-state index contributed by atoms with van der Waals surface area (Å²) >= 11 is 0. The standard InChI is InChI=1S/C12H21N7/c1-4-5-9(13)16-11-10-8(15-12(14)17-11)6-19(18-10)7(2)3/h6-7,9H,4-5,13H2,1-3H3,(H3,14,15,16,17). The van der Waals surface area contributed by atoms with Crippen LogP contribution in [0.1, 0.15) is 39.7 Å². The molecule has 2 heterocycles. The molecule has 1 atom stereocenters. The molecule has 0 fully saturated rings. The maximum Gasteiger partial charge on any atom is 0.222 e. The van der Waals surface area contributed by atoms with Gasteiger partial charge in [0.05, 0.1) is 12.4 Å². The van der Waals surface area contributed by atoms with Crippen molar-refractivity contribution in [3.05, 3.63) is 6.20 Å². The van der Waals surface area contributed by atoms with Gasteiger partial charge in [-0.1, -0.05) is 13.3 Å². The molecule has 19 heavy (non-hydrogen) atoms. The lowest BCUT2D eigenvalue weighted by molar-refractivity contribution is 0.537. The predicted molar refractivity (Wildman–Crippen MR) is 76.6 cm³/mol. The van der Waals surface area contributed by atoms with Crippen LogP contribution >= 0.6 is 0 Å². The topological polar surface area (TPSA) is 108 Å². The van der Waals surface area contributed by atoms with Crippen molar-refractivity contribution in [1.29, 1.82) is 0 Å².